The summed E-state index contributed by atoms with van der Waals surface area (Å²) in [6.45, 7) is 3.31. The van der Waals surface area contributed by atoms with E-state index in [-0.39, 0.29) is 11.6 Å². The Morgan fingerprint density at radius 1 is 1.12 bits per heavy atom. The van der Waals surface area contributed by atoms with Crippen LogP contribution in [0, 0.1) is 0 Å². The van der Waals surface area contributed by atoms with Crippen molar-refractivity contribution in [3.8, 4) is 0 Å². The van der Waals surface area contributed by atoms with Gasteiger partial charge >= 0.3 is 0 Å². The van der Waals surface area contributed by atoms with Crippen LogP contribution in [-0.2, 0) is 0 Å². The molecular formula is C12H12Cl2O2. The molecule has 0 unspecified atom stereocenters. The summed E-state index contributed by atoms with van der Waals surface area (Å²) in [5.74, 6) is -0.260. The molecule has 4 heteroatoms. The maximum Gasteiger partial charge on any atom is 0.163 e. The van der Waals surface area contributed by atoms with Crippen molar-refractivity contribution in [2.75, 3.05) is 0 Å². The van der Waals surface area contributed by atoms with E-state index in [4.69, 9.17) is 23.2 Å². The van der Waals surface area contributed by atoms with Crippen molar-refractivity contribution in [2.45, 2.75) is 26.7 Å². The molecule has 0 amide bonds. The zero-order chi connectivity index (χ0) is 12.3. The molecule has 1 aromatic rings. The Balaban J connectivity index is 3.30. The summed E-state index contributed by atoms with van der Waals surface area (Å²) in [6.07, 6.45) is 1.13. The summed E-state index contributed by atoms with van der Waals surface area (Å²) in [6, 6.07) is 2.92. The highest BCUT2D eigenvalue weighted by molar-refractivity contribution is 6.42. The summed E-state index contributed by atoms with van der Waals surface area (Å²) in [4.78, 5) is 23.2. The van der Waals surface area contributed by atoms with Gasteiger partial charge in [-0.1, -0.05) is 30.1 Å². The van der Waals surface area contributed by atoms with Crippen molar-refractivity contribution >= 4 is 34.8 Å². The van der Waals surface area contributed by atoms with Gasteiger partial charge in [-0.05, 0) is 25.5 Å². The SMILES string of the molecule is CCCC(=O)c1cc(Cl)c(Cl)cc1C(C)=O. The molecule has 16 heavy (non-hydrogen) atoms. The second kappa shape index (κ2) is 5.46. The van der Waals surface area contributed by atoms with Crippen LogP contribution in [0.2, 0.25) is 10.0 Å². The Kier molecular flexibility index (Phi) is 4.51. The Morgan fingerprint density at radius 3 is 2.06 bits per heavy atom. The van der Waals surface area contributed by atoms with E-state index in [2.05, 4.69) is 0 Å². The Bertz CT molecular complexity index is 439. The molecule has 0 saturated heterocycles. The quantitative estimate of drug-likeness (QED) is 0.760. The van der Waals surface area contributed by atoms with Gasteiger partial charge in [-0.3, -0.25) is 9.59 Å². The number of carbonyl (C=O) groups excluding carboxylic acids is 2. The van der Waals surface area contributed by atoms with Gasteiger partial charge in [0.05, 0.1) is 10.0 Å². The van der Waals surface area contributed by atoms with E-state index in [1.165, 1.54) is 19.1 Å². The smallest absolute Gasteiger partial charge is 0.163 e. The second-order valence-electron chi connectivity index (χ2n) is 3.54. The van der Waals surface area contributed by atoms with E-state index in [1.54, 1.807) is 0 Å². The molecule has 0 aliphatic carbocycles. The van der Waals surface area contributed by atoms with Crippen molar-refractivity contribution in [1.29, 1.82) is 0 Å². The first-order valence-corrected chi connectivity index (χ1v) is 5.76. The van der Waals surface area contributed by atoms with Gasteiger partial charge in [0.15, 0.2) is 11.6 Å². The summed E-state index contributed by atoms with van der Waals surface area (Å²) in [5, 5.41) is 0.589. The maximum absolute atomic E-state index is 11.8. The van der Waals surface area contributed by atoms with Gasteiger partial charge < -0.3 is 0 Å². The Hall–Kier alpha value is -0.860. The minimum atomic E-state index is -0.182. The van der Waals surface area contributed by atoms with Crippen LogP contribution in [0.25, 0.3) is 0 Å². The normalized spacial score (nSPS) is 10.2. The number of halogens is 2. The number of benzene rings is 1. The molecule has 2 nitrogen and oxygen atoms in total. The van der Waals surface area contributed by atoms with E-state index in [1.807, 2.05) is 6.92 Å². The zero-order valence-electron chi connectivity index (χ0n) is 9.14. The predicted octanol–water partition coefficient (Wildman–Crippen LogP) is 4.18. The molecule has 0 radical (unpaired) electrons. The average Bonchev–Trinajstić information content (AvgIpc) is 2.21. The van der Waals surface area contributed by atoms with Crippen molar-refractivity contribution < 1.29 is 9.59 Å². The molecule has 0 aliphatic rings. The highest BCUT2D eigenvalue weighted by Crippen LogP contribution is 2.27. The predicted molar refractivity (Wildman–Crippen MR) is 65.7 cm³/mol. The lowest BCUT2D eigenvalue weighted by atomic mass is 9.98. The minimum absolute atomic E-state index is 0.0775. The minimum Gasteiger partial charge on any atom is -0.294 e. The van der Waals surface area contributed by atoms with Crippen LogP contribution in [0.15, 0.2) is 12.1 Å². The van der Waals surface area contributed by atoms with E-state index < -0.39 is 0 Å². The molecule has 0 fully saturated rings. The van der Waals surface area contributed by atoms with Gasteiger partial charge in [0.2, 0.25) is 0 Å². The van der Waals surface area contributed by atoms with Crippen molar-refractivity contribution in [3.63, 3.8) is 0 Å². The van der Waals surface area contributed by atoms with E-state index in [0.717, 1.165) is 6.42 Å². The van der Waals surface area contributed by atoms with Gasteiger partial charge in [0.25, 0.3) is 0 Å². The Labute approximate surface area is 105 Å². The first kappa shape index (κ1) is 13.2. The summed E-state index contributed by atoms with van der Waals surface area (Å²) < 4.78 is 0. The molecule has 0 N–H and O–H groups in total. The van der Waals surface area contributed by atoms with Crippen LogP contribution >= 0.6 is 23.2 Å². The third-order valence-electron chi connectivity index (χ3n) is 2.22. The van der Waals surface area contributed by atoms with Crippen molar-refractivity contribution in [1.82, 2.24) is 0 Å². The molecule has 86 valence electrons. The first-order valence-electron chi connectivity index (χ1n) is 5.00. The van der Waals surface area contributed by atoms with E-state index >= 15 is 0 Å². The van der Waals surface area contributed by atoms with Gasteiger partial charge in [0, 0.05) is 17.5 Å². The molecule has 0 atom stereocenters. The highest BCUT2D eigenvalue weighted by atomic mass is 35.5. The molecule has 0 aromatic heterocycles. The summed E-state index contributed by atoms with van der Waals surface area (Å²) in [7, 11) is 0. The van der Waals surface area contributed by atoms with Crippen molar-refractivity contribution in [2.24, 2.45) is 0 Å². The number of ketones is 2. The van der Waals surface area contributed by atoms with E-state index in [9.17, 15) is 9.59 Å². The number of hydrogen-bond donors (Lipinski definition) is 0. The number of rotatable bonds is 4. The molecule has 0 bridgehead atoms. The number of carbonyl (C=O) groups is 2. The van der Waals surface area contributed by atoms with Crippen LogP contribution in [0.5, 0.6) is 0 Å². The first-order chi connectivity index (χ1) is 7.47. The fourth-order valence-electron chi connectivity index (χ4n) is 1.43. The summed E-state index contributed by atoms with van der Waals surface area (Å²) >= 11 is 11.7. The fourth-order valence-corrected chi connectivity index (χ4v) is 1.76. The monoisotopic (exact) mass is 258 g/mol. The van der Waals surface area contributed by atoms with Gasteiger partial charge in [-0.25, -0.2) is 0 Å². The number of hydrogen-bond acceptors (Lipinski definition) is 2. The average molecular weight is 259 g/mol. The van der Waals surface area contributed by atoms with Gasteiger partial charge in [-0.2, -0.15) is 0 Å². The van der Waals surface area contributed by atoms with Crippen LogP contribution < -0.4 is 0 Å². The lowest BCUT2D eigenvalue weighted by molar-refractivity contribution is 0.0961. The molecule has 0 aliphatic heterocycles. The maximum atomic E-state index is 11.8. The Morgan fingerprint density at radius 2 is 1.62 bits per heavy atom. The van der Waals surface area contributed by atoms with Gasteiger partial charge in [0.1, 0.15) is 0 Å². The fraction of sp³-hybridized carbons (Fsp3) is 0.333. The molecule has 0 heterocycles. The largest absolute Gasteiger partial charge is 0.294 e. The molecule has 1 aromatic carbocycles. The lowest BCUT2D eigenvalue weighted by Crippen LogP contribution is -2.07. The molecule has 1 rings (SSSR count). The molecular weight excluding hydrogens is 247 g/mol. The topological polar surface area (TPSA) is 34.1 Å². The number of Topliss-reactive ketones (excluding diaryl/α,β-unsaturated/α-hetero) is 2. The van der Waals surface area contributed by atoms with Crippen LogP contribution in [0.4, 0.5) is 0 Å². The standard InChI is InChI=1S/C12H12Cl2O2/c1-3-4-12(16)9-6-11(14)10(13)5-8(9)7(2)15/h5-6H,3-4H2,1-2H3. The second-order valence-corrected chi connectivity index (χ2v) is 4.36. The van der Waals surface area contributed by atoms with Crippen LogP contribution in [-0.4, -0.2) is 11.6 Å². The third kappa shape index (κ3) is 2.83. The highest BCUT2D eigenvalue weighted by Gasteiger charge is 2.16. The van der Waals surface area contributed by atoms with Crippen LogP contribution in [0.1, 0.15) is 47.4 Å². The van der Waals surface area contributed by atoms with Crippen LogP contribution in [0.3, 0.4) is 0 Å². The van der Waals surface area contributed by atoms with Crippen molar-refractivity contribution in [3.05, 3.63) is 33.3 Å². The third-order valence-corrected chi connectivity index (χ3v) is 2.94. The lowest BCUT2D eigenvalue weighted by Gasteiger charge is -2.07. The molecule has 0 saturated carbocycles. The molecule has 0 spiro atoms. The summed E-state index contributed by atoms with van der Waals surface area (Å²) in [5.41, 5.74) is 0.705. The van der Waals surface area contributed by atoms with Gasteiger partial charge in [-0.15, -0.1) is 0 Å². The van der Waals surface area contributed by atoms with E-state index in [0.29, 0.717) is 27.6 Å². The zero-order valence-corrected chi connectivity index (χ0v) is 10.7.